The lowest BCUT2D eigenvalue weighted by Gasteiger charge is -2.33. The lowest BCUT2D eigenvalue weighted by molar-refractivity contribution is -0.131. The van der Waals surface area contributed by atoms with Gasteiger partial charge >= 0.3 is 5.97 Å². The molecule has 0 aliphatic carbocycles. The Morgan fingerprint density at radius 2 is 2.14 bits per heavy atom. The Kier molecular flexibility index (Phi) is 4.84. The van der Waals surface area contributed by atoms with Crippen LogP contribution in [0.4, 0.5) is 5.95 Å². The van der Waals surface area contributed by atoms with E-state index in [0.29, 0.717) is 23.8 Å². The molecule has 1 aromatic heterocycles. The second-order valence-corrected chi connectivity index (χ2v) is 7.89. The zero-order chi connectivity index (χ0) is 15.5. The number of aliphatic carboxylic acids is 1. The first-order valence-corrected chi connectivity index (χ1v) is 9.25. The average Bonchev–Trinajstić information content (AvgIpc) is 2.45. The third-order valence-corrected chi connectivity index (χ3v) is 5.56. The first-order chi connectivity index (χ1) is 9.88. The molecule has 21 heavy (non-hydrogen) atoms. The van der Waals surface area contributed by atoms with Crippen LogP contribution >= 0.6 is 11.8 Å². The first-order valence-electron chi connectivity index (χ1n) is 6.14. The minimum atomic E-state index is -3.22. The van der Waals surface area contributed by atoms with Gasteiger partial charge in [-0.2, -0.15) is 11.8 Å². The van der Waals surface area contributed by atoms with Crippen LogP contribution in [-0.4, -0.2) is 59.1 Å². The molecule has 0 spiro atoms. The smallest absolute Gasteiger partial charge is 0.328 e. The maximum Gasteiger partial charge on any atom is 0.328 e. The van der Waals surface area contributed by atoms with Gasteiger partial charge in [0, 0.05) is 48.3 Å². The Morgan fingerprint density at radius 1 is 1.48 bits per heavy atom. The number of carboxylic acid groups (broad SMARTS) is 1. The van der Waals surface area contributed by atoms with Crippen molar-refractivity contribution in [2.45, 2.75) is 5.37 Å². The van der Waals surface area contributed by atoms with Crippen molar-refractivity contribution >= 4 is 39.6 Å². The summed E-state index contributed by atoms with van der Waals surface area (Å²) >= 11 is 1.59. The predicted molar refractivity (Wildman–Crippen MR) is 82.0 cm³/mol. The largest absolute Gasteiger partial charge is 0.478 e. The summed E-state index contributed by atoms with van der Waals surface area (Å²) in [4.78, 5) is 20.4. The van der Waals surface area contributed by atoms with Crippen LogP contribution in [0.15, 0.2) is 18.5 Å². The minimum absolute atomic E-state index is 0.346. The van der Waals surface area contributed by atoms with Gasteiger partial charge in [0.1, 0.15) is 5.37 Å². The molecule has 1 atom stereocenters. The molecule has 1 aromatic rings. The van der Waals surface area contributed by atoms with Crippen molar-refractivity contribution in [3.05, 3.63) is 24.0 Å². The summed E-state index contributed by atoms with van der Waals surface area (Å²) in [5.41, 5.74) is 0.545. The van der Waals surface area contributed by atoms with Crippen molar-refractivity contribution in [1.29, 1.82) is 0 Å². The molecule has 0 amide bonds. The number of thioether (sulfide) groups is 1. The van der Waals surface area contributed by atoms with E-state index in [-0.39, 0.29) is 0 Å². The summed E-state index contributed by atoms with van der Waals surface area (Å²) in [5, 5.41) is 7.92. The highest BCUT2D eigenvalue weighted by molar-refractivity contribution is 8.01. The van der Waals surface area contributed by atoms with Crippen LogP contribution in [0.25, 0.3) is 6.08 Å². The molecular weight excluding hydrogens is 314 g/mol. The summed E-state index contributed by atoms with van der Waals surface area (Å²) in [6, 6.07) is 0. The number of aromatic nitrogens is 2. The summed E-state index contributed by atoms with van der Waals surface area (Å²) in [7, 11) is -3.22. The fraction of sp³-hybridized carbons (Fsp3) is 0.417. The molecule has 1 aliphatic rings. The van der Waals surface area contributed by atoms with E-state index >= 15 is 0 Å². The number of carbonyl (C=O) groups is 1. The van der Waals surface area contributed by atoms with E-state index in [1.807, 2.05) is 0 Å². The monoisotopic (exact) mass is 329 g/mol. The van der Waals surface area contributed by atoms with E-state index in [2.05, 4.69) is 9.97 Å². The van der Waals surface area contributed by atoms with Gasteiger partial charge in [0.15, 0.2) is 9.84 Å². The minimum Gasteiger partial charge on any atom is -0.478 e. The second-order valence-electron chi connectivity index (χ2n) is 4.54. The SMILES string of the molecule is CS(=O)(=O)C1CSCCN1c1ncc(/C=C/C(=O)O)cn1. The van der Waals surface area contributed by atoms with Crippen LogP contribution in [0.1, 0.15) is 5.56 Å². The molecule has 0 saturated carbocycles. The molecular formula is C12H15N3O4S2. The number of rotatable bonds is 4. The molecule has 1 fully saturated rings. The predicted octanol–water partition coefficient (Wildman–Crippen LogP) is 0.498. The molecule has 2 heterocycles. The third-order valence-electron chi connectivity index (χ3n) is 2.91. The molecule has 1 unspecified atom stereocenters. The number of hydrogen-bond donors (Lipinski definition) is 1. The van der Waals surface area contributed by atoms with Gasteiger partial charge < -0.3 is 10.0 Å². The average molecular weight is 329 g/mol. The molecule has 0 aromatic carbocycles. The lowest BCUT2D eigenvalue weighted by Crippen LogP contribution is -2.47. The van der Waals surface area contributed by atoms with Crippen LogP contribution in [0.2, 0.25) is 0 Å². The normalized spacial score (nSPS) is 19.9. The molecule has 114 valence electrons. The van der Waals surface area contributed by atoms with Gasteiger partial charge in [-0.15, -0.1) is 0 Å². The van der Waals surface area contributed by atoms with Crippen molar-refractivity contribution in [2.75, 3.05) is 29.2 Å². The molecule has 0 bridgehead atoms. The van der Waals surface area contributed by atoms with Gasteiger partial charge in [0.25, 0.3) is 0 Å². The number of anilines is 1. The molecule has 7 nitrogen and oxygen atoms in total. The number of hydrogen-bond acceptors (Lipinski definition) is 7. The summed E-state index contributed by atoms with van der Waals surface area (Å²) in [6.45, 7) is 0.562. The van der Waals surface area contributed by atoms with E-state index in [4.69, 9.17) is 5.11 Å². The van der Waals surface area contributed by atoms with Crippen LogP contribution in [0.5, 0.6) is 0 Å². The molecule has 0 radical (unpaired) electrons. The fourth-order valence-electron chi connectivity index (χ4n) is 1.90. The van der Waals surface area contributed by atoms with Gasteiger partial charge in [-0.1, -0.05) is 0 Å². The zero-order valence-electron chi connectivity index (χ0n) is 11.3. The van der Waals surface area contributed by atoms with Crippen molar-refractivity contribution in [1.82, 2.24) is 9.97 Å². The molecule has 1 aliphatic heterocycles. The first kappa shape index (κ1) is 15.8. The summed E-state index contributed by atoms with van der Waals surface area (Å²) < 4.78 is 23.7. The third kappa shape index (κ3) is 4.18. The van der Waals surface area contributed by atoms with Gasteiger partial charge in [0.05, 0.1) is 0 Å². The van der Waals surface area contributed by atoms with Crippen LogP contribution in [-0.2, 0) is 14.6 Å². The van der Waals surface area contributed by atoms with Gasteiger partial charge in [-0.3, -0.25) is 0 Å². The Balaban J connectivity index is 2.22. The van der Waals surface area contributed by atoms with E-state index in [1.54, 1.807) is 16.7 Å². The lowest BCUT2D eigenvalue weighted by atomic mass is 10.3. The highest BCUT2D eigenvalue weighted by atomic mass is 32.2. The van der Waals surface area contributed by atoms with Crippen molar-refractivity contribution in [3.8, 4) is 0 Å². The van der Waals surface area contributed by atoms with Crippen molar-refractivity contribution in [2.24, 2.45) is 0 Å². The topological polar surface area (TPSA) is 100 Å². The number of nitrogens with zero attached hydrogens (tertiary/aromatic N) is 3. The van der Waals surface area contributed by atoms with Gasteiger partial charge in [0.2, 0.25) is 5.95 Å². The Labute approximate surface area is 127 Å². The Morgan fingerprint density at radius 3 is 2.71 bits per heavy atom. The number of sulfone groups is 1. The zero-order valence-corrected chi connectivity index (χ0v) is 13.0. The van der Waals surface area contributed by atoms with Gasteiger partial charge in [-0.05, 0) is 6.08 Å². The Bertz CT molecular complexity index is 643. The van der Waals surface area contributed by atoms with Gasteiger partial charge in [-0.25, -0.2) is 23.2 Å². The van der Waals surface area contributed by atoms with Crippen LogP contribution in [0.3, 0.4) is 0 Å². The van der Waals surface area contributed by atoms with E-state index in [1.165, 1.54) is 24.7 Å². The standard InChI is InChI=1S/C12H15N3O4S2/c1-21(18,19)10-8-20-5-4-15(10)12-13-6-9(7-14-12)2-3-11(16)17/h2-3,6-7,10H,4-5,8H2,1H3,(H,16,17)/b3-2+. The van der Waals surface area contributed by atoms with E-state index < -0.39 is 21.2 Å². The van der Waals surface area contributed by atoms with Crippen LogP contribution < -0.4 is 4.90 Å². The fourth-order valence-corrected chi connectivity index (χ4v) is 4.71. The molecule has 9 heteroatoms. The van der Waals surface area contributed by atoms with E-state index in [0.717, 1.165) is 11.8 Å². The summed E-state index contributed by atoms with van der Waals surface area (Å²) in [6.07, 6.45) is 6.54. The number of carboxylic acids is 1. The van der Waals surface area contributed by atoms with Crippen LogP contribution in [0, 0.1) is 0 Å². The molecule has 1 saturated heterocycles. The highest BCUT2D eigenvalue weighted by Gasteiger charge is 2.32. The van der Waals surface area contributed by atoms with Crippen molar-refractivity contribution in [3.63, 3.8) is 0 Å². The van der Waals surface area contributed by atoms with Crippen molar-refractivity contribution < 1.29 is 18.3 Å². The maximum absolute atomic E-state index is 11.8. The molecule has 1 N–H and O–H groups in total. The van der Waals surface area contributed by atoms with E-state index in [9.17, 15) is 13.2 Å². The quantitative estimate of drug-likeness (QED) is 0.797. The Hall–Kier alpha value is -1.61. The molecule has 2 rings (SSSR count). The maximum atomic E-state index is 11.8. The second kappa shape index (κ2) is 6.44. The summed E-state index contributed by atoms with van der Waals surface area (Å²) in [5.74, 6) is 0.598. The highest BCUT2D eigenvalue weighted by Crippen LogP contribution is 2.23.